The quantitative estimate of drug-likeness (QED) is 0.0550. The van der Waals surface area contributed by atoms with Crippen molar-refractivity contribution in [1.29, 1.82) is 0 Å². The second-order valence-electron chi connectivity index (χ2n) is 9.62. The van der Waals surface area contributed by atoms with Crippen molar-refractivity contribution >= 4 is 33.6 Å². The standard InChI is InChI=1S/C25H57N3O3Si.2ClH/c1-3-5-6-7-8-9-10-11-12-13-14-15-16-17-18-19-21-27-25(26)28(22-4-2)23-20-24-32(29,30)31;;/h25,27,29-31H,3-24,26H2,1-2H3;2*1H. The summed E-state index contributed by atoms with van der Waals surface area (Å²) in [6.07, 6.45) is 23.3. The third-order valence-electron chi connectivity index (χ3n) is 6.25. The van der Waals surface area contributed by atoms with Gasteiger partial charge in [-0.05, 0) is 25.8 Å². The van der Waals surface area contributed by atoms with Crippen molar-refractivity contribution in [2.24, 2.45) is 5.73 Å². The van der Waals surface area contributed by atoms with Gasteiger partial charge in [-0.1, -0.05) is 110 Å². The first kappa shape index (κ1) is 39.1. The maximum absolute atomic E-state index is 9.15. The number of hydrogen-bond donors (Lipinski definition) is 5. The van der Waals surface area contributed by atoms with Crippen molar-refractivity contribution in [3.8, 4) is 0 Å². The van der Waals surface area contributed by atoms with Gasteiger partial charge in [0, 0.05) is 19.1 Å². The van der Waals surface area contributed by atoms with E-state index in [2.05, 4.69) is 24.1 Å². The number of rotatable bonds is 25. The molecular formula is C25H59Cl2N3O3Si. The monoisotopic (exact) mass is 547 g/mol. The van der Waals surface area contributed by atoms with E-state index < -0.39 is 8.80 Å². The van der Waals surface area contributed by atoms with Gasteiger partial charge in [0.15, 0.2) is 0 Å². The van der Waals surface area contributed by atoms with E-state index in [1.807, 2.05) is 0 Å². The molecule has 0 aromatic heterocycles. The molecule has 34 heavy (non-hydrogen) atoms. The Hall–Kier alpha value is 0.557. The average Bonchev–Trinajstić information content (AvgIpc) is 2.74. The van der Waals surface area contributed by atoms with Crippen LogP contribution in [0.4, 0.5) is 0 Å². The summed E-state index contributed by atoms with van der Waals surface area (Å²) in [7, 11) is -3.94. The molecule has 0 bridgehead atoms. The van der Waals surface area contributed by atoms with Crippen molar-refractivity contribution < 1.29 is 14.4 Å². The molecular weight excluding hydrogens is 489 g/mol. The first-order valence-corrected chi connectivity index (χ1v) is 15.9. The molecule has 210 valence electrons. The van der Waals surface area contributed by atoms with Gasteiger partial charge in [0.2, 0.25) is 0 Å². The molecule has 0 aliphatic heterocycles. The van der Waals surface area contributed by atoms with Crippen LogP contribution in [0.5, 0.6) is 0 Å². The van der Waals surface area contributed by atoms with Crippen molar-refractivity contribution in [2.45, 2.75) is 142 Å². The van der Waals surface area contributed by atoms with Gasteiger partial charge >= 0.3 is 8.80 Å². The highest BCUT2D eigenvalue weighted by atomic mass is 35.5. The van der Waals surface area contributed by atoms with Gasteiger partial charge in [-0.2, -0.15) is 0 Å². The van der Waals surface area contributed by atoms with Gasteiger partial charge in [0.05, 0.1) is 0 Å². The third kappa shape index (κ3) is 28.8. The summed E-state index contributed by atoms with van der Waals surface area (Å²) >= 11 is 0. The average molecular weight is 549 g/mol. The predicted molar refractivity (Wildman–Crippen MR) is 154 cm³/mol. The minimum atomic E-state index is -3.94. The van der Waals surface area contributed by atoms with Crippen LogP contribution < -0.4 is 11.1 Å². The zero-order valence-corrected chi connectivity index (χ0v) is 24.9. The Balaban J connectivity index is -0.00000480. The van der Waals surface area contributed by atoms with Crippen LogP contribution in [0, 0.1) is 0 Å². The van der Waals surface area contributed by atoms with Gasteiger partial charge < -0.3 is 20.1 Å². The van der Waals surface area contributed by atoms with E-state index in [0.717, 1.165) is 25.9 Å². The molecule has 0 aromatic rings. The van der Waals surface area contributed by atoms with E-state index in [1.165, 1.54) is 96.3 Å². The number of nitrogens with one attached hydrogen (secondary N) is 1. The highest BCUT2D eigenvalue weighted by Gasteiger charge is 2.26. The number of hydrogen-bond acceptors (Lipinski definition) is 6. The summed E-state index contributed by atoms with van der Waals surface area (Å²) < 4.78 is 0. The highest BCUT2D eigenvalue weighted by molar-refractivity contribution is 6.56. The Morgan fingerprint density at radius 2 is 1.03 bits per heavy atom. The summed E-state index contributed by atoms with van der Waals surface area (Å²) in [5.41, 5.74) is 6.26. The molecule has 0 aliphatic carbocycles. The van der Waals surface area contributed by atoms with Crippen LogP contribution in [0.15, 0.2) is 0 Å². The van der Waals surface area contributed by atoms with E-state index in [9.17, 15) is 0 Å². The number of nitrogens with two attached hydrogens (primary N) is 1. The van der Waals surface area contributed by atoms with Gasteiger partial charge in [-0.3, -0.25) is 10.2 Å². The second-order valence-corrected chi connectivity index (χ2v) is 11.7. The zero-order valence-electron chi connectivity index (χ0n) is 22.3. The van der Waals surface area contributed by atoms with Crippen molar-refractivity contribution in [3.05, 3.63) is 0 Å². The number of halogens is 2. The summed E-state index contributed by atoms with van der Waals surface area (Å²) in [5, 5.41) is 3.39. The number of nitrogens with zero attached hydrogens (tertiary/aromatic N) is 1. The van der Waals surface area contributed by atoms with E-state index in [0.29, 0.717) is 13.0 Å². The first-order chi connectivity index (χ1) is 15.4. The summed E-state index contributed by atoms with van der Waals surface area (Å²) in [6, 6.07) is 0.0685. The Kier molecular flexibility index (Phi) is 32.3. The fourth-order valence-electron chi connectivity index (χ4n) is 4.25. The molecule has 0 rings (SSSR count). The van der Waals surface area contributed by atoms with Crippen molar-refractivity contribution in [1.82, 2.24) is 10.2 Å². The zero-order chi connectivity index (χ0) is 23.9. The Morgan fingerprint density at radius 1 is 0.618 bits per heavy atom. The lowest BCUT2D eigenvalue weighted by molar-refractivity contribution is 0.162. The van der Waals surface area contributed by atoms with Crippen LogP contribution in [0.3, 0.4) is 0 Å². The number of unbranched alkanes of at least 4 members (excludes halogenated alkanes) is 15. The van der Waals surface area contributed by atoms with Crippen LogP contribution in [-0.4, -0.2) is 54.0 Å². The van der Waals surface area contributed by atoms with Gasteiger partial charge in [-0.25, -0.2) is 0 Å². The maximum atomic E-state index is 9.15. The molecule has 6 nitrogen and oxygen atoms in total. The maximum Gasteiger partial charge on any atom is 0.492 e. The van der Waals surface area contributed by atoms with Gasteiger partial charge in [-0.15, -0.1) is 24.8 Å². The summed E-state index contributed by atoms with van der Waals surface area (Å²) in [4.78, 5) is 29.6. The molecule has 0 spiro atoms. The minimum absolute atomic E-state index is 0. The van der Waals surface area contributed by atoms with Crippen molar-refractivity contribution in [3.63, 3.8) is 0 Å². The predicted octanol–water partition coefficient (Wildman–Crippen LogP) is 5.94. The molecule has 0 radical (unpaired) electrons. The lowest BCUT2D eigenvalue weighted by atomic mass is 10.0. The molecule has 0 saturated carbocycles. The van der Waals surface area contributed by atoms with Crippen LogP contribution in [-0.2, 0) is 0 Å². The summed E-state index contributed by atoms with van der Waals surface area (Å²) in [5.74, 6) is 0. The lowest BCUT2D eigenvalue weighted by Gasteiger charge is -2.29. The van der Waals surface area contributed by atoms with E-state index >= 15 is 0 Å². The molecule has 6 N–H and O–H groups in total. The third-order valence-corrected chi connectivity index (χ3v) is 7.27. The molecule has 0 aliphatic rings. The molecule has 1 atom stereocenters. The summed E-state index contributed by atoms with van der Waals surface area (Å²) in [6.45, 7) is 6.83. The molecule has 0 fully saturated rings. The molecule has 1 unspecified atom stereocenters. The first-order valence-electron chi connectivity index (χ1n) is 13.8. The molecule has 0 amide bonds. The van der Waals surface area contributed by atoms with E-state index in [4.69, 9.17) is 20.1 Å². The largest absolute Gasteiger partial charge is 0.492 e. The fraction of sp³-hybridized carbons (Fsp3) is 1.00. The van der Waals surface area contributed by atoms with E-state index in [1.54, 1.807) is 0 Å². The molecule has 9 heteroatoms. The lowest BCUT2D eigenvalue weighted by Crippen LogP contribution is -2.53. The van der Waals surface area contributed by atoms with Gasteiger partial charge in [0.1, 0.15) is 6.29 Å². The topological polar surface area (TPSA) is 102 Å². The molecule has 0 aromatic carbocycles. The van der Waals surface area contributed by atoms with Crippen molar-refractivity contribution in [2.75, 3.05) is 19.6 Å². The second kappa shape index (κ2) is 28.1. The van der Waals surface area contributed by atoms with Crippen LogP contribution in [0.1, 0.15) is 129 Å². The molecule has 0 heterocycles. The highest BCUT2D eigenvalue weighted by Crippen LogP contribution is 2.13. The normalized spacial score (nSPS) is 12.4. The Morgan fingerprint density at radius 3 is 1.41 bits per heavy atom. The van der Waals surface area contributed by atoms with Crippen LogP contribution in [0.2, 0.25) is 6.04 Å². The Bertz CT molecular complexity index is 395. The van der Waals surface area contributed by atoms with Crippen LogP contribution in [0.25, 0.3) is 0 Å². The fourth-order valence-corrected chi connectivity index (χ4v) is 4.88. The van der Waals surface area contributed by atoms with Crippen LogP contribution >= 0.6 is 24.8 Å². The minimum Gasteiger partial charge on any atom is -0.390 e. The smallest absolute Gasteiger partial charge is 0.390 e. The molecule has 0 saturated heterocycles. The SMILES string of the molecule is CCCCCCCCCCCCCCCCCCNC(N)N(CCC)CCC[Si](O)(O)O.Cl.Cl. The van der Waals surface area contributed by atoms with Gasteiger partial charge in [0.25, 0.3) is 0 Å². The Labute approximate surface area is 225 Å². The van der Waals surface area contributed by atoms with E-state index in [-0.39, 0.29) is 37.1 Å².